The molecule has 1 aromatic carbocycles. The molecule has 0 saturated carbocycles. The summed E-state index contributed by atoms with van der Waals surface area (Å²) in [5, 5.41) is 3.25. The van der Waals surface area contributed by atoms with Crippen LogP contribution in [0, 0.1) is 12.8 Å². The highest BCUT2D eigenvalue weighted by Gasteiger charge is 2.46. The Morgan fingerprint density at radius 3 is 2.39 bits per heavy atom. The van der Waals surface area contributed by atoms with Crippen LogP contribution in [-0.2, 0) is 10.9 Å². The minimum atomic E-state index is -4.70. The number of aryl methyl sites for hydroxylation is 1. The molecule has 15 heteroatoms. The number of amides is 2. The smallest absolute Gasteiger partial charge is 0.451 e. The fourth-order valence-electron chi connectivity index (χ4n) is 4.34. The highest BCUT2D eigenvalue weighted by molar-refractivity contribution is 7.14. The van der Waals surface area contributed by atoms with Gasteiger partial charge in [0.05, 0.1) is 18.6 Å². The van der Waals surface area contributed by atoms with Gasteiger partial charge in [0.1, 0.15) is 16.4 Å². The van der Waals surface area contributed by atoms with E-state index in [4.69, 9.17) is 9.47 Å². The summed E-state index contributed by atoms with van der Waals surface area (Å²) in [4.78, 5) is 38.9. The summed E-state index contributed by atoms with van der Waals surface area (Å²) in [6.45, 7) is 7.57. The molecule has 1 aliphatic rings. The Morgan fingerprint density at radius 1 is 1.11 bits per heavy atom. The van der Waals surface area contributed by atoms with Crippen molar-refractivity contribution in [2.45, 2.75) is 64.8 Å². The van der Waals surface area contributed by atoms with Crippen LogP contribution in [0.5, 0.6) is 5.75 Å². The van der Waals surface area contributed by atoms with Gasteiger partial charge in [-0.2, -0.15) is 13.2 Å². The molecular formula is C29H32F5N5O4S. The summed E-state index contributed by atoms with van der Waals surface area (Å²) < 4.78 is 79.4. The van der Waals surface area contributed by atoms with Gasteiger partial charge in [-0.1, -0.05) is 0 Å². The number of thiazole rings is 1. The number of rotatable bonds is 7. The number of alkyl halides is 5. The highest BCUT2D eigenvalue weighted by atomic mass is 32.1. The van der Waals surface area contributed by atoms with Gasteiger partial charge in [-0.15, -0.1) is 11.3 Å². The number of halogens is 5. The lowest BCUT2D eigenvalue weighted by molar-refractivity contribution is -0.145. The lowest BCUT2D eigenvalue weighted by Gasteiger charge is -2.38. The van der Waals surface area contributed by atoms with E-state index in [2.05, 4.69) is 20.3 Å². The average Bonchev–Trinajstić information content (AvgIpc) is 3.37. The quantitative estimate of drug-likeness (QED) is 0.287. The highest BCUT2D eigenvalue weighted by Crippen LogP contribution is 2.36. The number of aromatic nitrogens is 3. The van der Waals surface area contributed by atoms with Crippen LogP contribution < -0.4 is 10.1 Å². The lowest BCUT2D eigenvalue weighted by Crippen LogP contribution is -2.52. The van der Waals surface area contributed by atoms with Crippen LogP contribution in [0.3, 0.4) is 0 Å². The van der Waals surface area contributed by atoms with Gasteiger partial charge in [0.15, 0.2) is 0 Å². The number of benzene rings is 1. The van der Waals surface area contributed by atoms with Crippen molar-refractivity contribution in [3.63, 3.8) is 0 Å². The summed E-state index contributed by atoms with van der Waals surface area (Å²) >= 11 is 1.35. The molecule has 3 aromatic rings. The number of hydrogen-bond acceptors (Lipinski definition) is 8. The molecule has 1 unspecified atom stereocenters. The summed E-state index contributed by atoms with van der Waals surface area (Å²) in [5.41, 5.74) is 0.0626. The molecule has 4 rings (SSSR count). The van der Waals surface area contributed by atoms with Crippen molar-refractivity contribution >= 4 is 23.3 Å². The van der Waals surface area contributed by atoms with E-state index in [1.807, 2.05) is 6.92 Å². The topological polar surface area (TPSA) is 107 Å². The Hall–Kier alpha value is -3.88. The maximum Gasteiger partial charge on any atom is 0.451 e. The maximum absolute atomic E-state index is 14.9. The summed E-state index contributed by atoms with van der Waals surface area (Å²) in [7, 11) is 0. The third kappa shape index (κ3) is 8.39. The van der Waals surface area contributed by atoms with E-state index in [0.717, 1.165) is 17.3 Å². The number of ether oxygens (including phenoxy) is 2. The second-order valence-electron chi connectivity index (χ2n) is 11.5. The first-order valence-corrected chi connectivity index (χ1v) is 14.5. The second-order valence-corrected chi connectivity index (χ2v) is 12.7. The van der Waals surface area contributed by atoms with Gasteiger partial charge in [-0.25, -0.2) is 28.5 Å². The molecule has 1 fully saturated rings. The molecule has 3 heterocycles. The average molecular weight is 642 g/mol. The first-order valence-electron chi connectivity index (χ1n) is 13.7. The third-order valence-electron chi connectivity index (χ3n) is 6.67. The lowest BCUT2D eigenvalue weighted by atomic mass is 9.94. The predicted molar refractivity (Wildman–Crippen MR) is 152 cm³/mol. The van der Waals surface area contributed by atoms with E-state index in [1.54, 1.807) is 46.0 Å². The molecule has 0 spiro atoms. The summed E-state index contributed by atoms with van der Waals surface area (Å²) in [6.07, 6.45) is -2.34. The molecule has 2 amide bonds. The zero-order chi connectivity index (χ0) is 32.4. The van der Waals surface area contributed by atoms with Crippen LogP contribution in [0.4, 0.5) is 26.7 Å². The Morgan fingerprint density at radius 2 is 1.80 bits per heavy atom. The van der Waals surface area contributed by atoms with Crippen LogP contribution in [-0.4, -0.2) is 63.1 Å². The normalized spacial score (nSPS) is 17.6. The predicted octanol–water partition coefficient (Wildman–Crippen LogP) is 6.69. The van der Waals surface area contributed by atoms with Crippen molar-refractivity contribution in [2.24, 2.45) is 5.92 Å². The van der Waals surface area contributed by atoms with Gasteiger partial charge in [0.25, 0.3) is 11.8 Å². The van der Waals surface area contributed by atoms with Crippen LogP contribution in [0.1, 0.15) is 66.8 Å². The molecule has 1 aliphatic heterocycles. The van der Waals surface area contributed by atoms with Gasteiger partial charge in [-0.3, -0.25) is 4.79 Å². The van der Waals surface area contributed by atoms with Crippen molar-refractivity contribution in [3.05, 3.63) is 58.6 Å². The Labute approximate surface area is 254 Å². The van der Waals surface area contributed by atoms with Crippen LogP contribution in [0.2, 0.25) is 0 Å². The molecule has 238 valence electrons. The molecule has 9 nitrogen and oxygen atoms in total. The largest absolute Gasteiger partial charge is 0.493 e. The zero-order valence-corrected chi connectivity index (χ0v) is 25.5. The molecule has 44 heavy (non-hydrogen) atoms. The summed E-state index contributed by atoms with van der Waals surface area (Å²) in [6, 6.07) is 3.74. The Bertz CT molecular complexity index is 1490. The Balaban J connectivity index is 1.53. The van der Waals surface area contributed by atoms with E-state index >= 15 is 0 Å². The number of piperidine rings is 1. The molecule has 0 bridgehead atoms. The number of carbonyl (C=O) groups is 2. The van der Waals surface area contributed by atoms with Crippen molar-refractivity contribution in [1.29, 1.82) is 0 Å². The van der Waals surface area contributed by atoms with E-state index in [1.165, 1.54) is 22.3 Å². The minimum absolute atomic E-state index is 0.107. The fourth-order valence-corrected chi connectivity index (χ4v) is 5.09. The fraction of sp³-hybridized carbons (Fsp3) is 0.483. The number of nitrogens with zero attached hydrogens (tertiary/aromatic N) is 4. The molecule has 0 radical (unpaired) electrons. The maximum atomic E-state index is 14.9. The minimum Gasteiger partial charge on any atom is -0.493 e. The molecule has 1 saturated heterocycles. The number of hydrogen-bond donors (Lipinski definition) is 1. The van der Waals surface area contributed by atoms with E-state index in [9.17, 15) is 31.5 Å². The summed E-state index contributed by atoms with van der Waals surface area (Å²) in [5.74, 6) is -6.23. The van der Waals surface area contributed by atoms with Crippen molar-refractivity contribution in [2.75, 3.05) is 19.7 Å². The van der Waals surface area contributed by atoms with E-state index < -0.39 is 60.5 Å². The third-order valence-corrected chi connectivity index (χ3v) is 7.63. The Kier molecular flexibility index (Phi) is 9.47. The van der Waals surface area contributed by atoms with E-state index in [-0.39, 0.29) is 30.0 Å². The van der Waals surface area contributed by atoms with Crippen molar-refractivity contribution in [1.82, 2.24) is 25.2 Å². The zero-order valence-electron chi connectivity index (χ0n) is 24.7. The number of carbonyl (C=O) groups excluding carboxylic acids is 2. The molecule has 2 aromatic heterocycles. The first kappa shape index (κ1) is 33.0. The van der Waals surface area contributed by atoms with Crippen LogP contribution in [0.25, 0.3) is 10.6 Å². The molecule has 2 atom stereocenters. The monoisotopic (exact) mass is 641 g/mol. The van der Waals surface area contributed by atoms with E-state index in [0.29, 0.717) is 10.6 Å². The van der Waals surface area contributed by atoms with Gasteiger partial charge in [0.2, 0.25) is 5.82 Å². The number of nitrogens with one attached hydrogen (secondary N) is 1. The van der Waals surface area contributed by atoms with Crippen LogP contribution >= 0.6 is 11.3 Å². The van der Waals surface area contributed by atoms with Gasteiger partial charge in [0, 0.05) is 59.7 Å². The van der Waals surface area contributed by atoms with Crippen LogP contribution in [0.15, 0.2) is 36.8 Å². The molecule has 0 aliphatic carbocycles. The number of likely N-dealkylation sites (tertiary alicyclic amines) is 1. The SMILES string of the molecule is Cc1cnc(-c2cc(OCC3CN(C(=O)OC(C)(C)C)CCC3(F)F)cc(C(=O)N[C@H](C)c3cnc(C(F)(F)F)nc3)c2)s1. The van der Waals surface area contributed by atoms with Gasteiger partial charge >= 0.3 is 12.3 Å². The van der Waals surface area contributed by atoms with Gasteiger partial charge < -0.3 is 19.7 Å². The standard InChI is InChI=1S/C29H32F5N5O4S/c1-16-11-35-24(44-16)19-8-18(23(40)38-17(2)20-12-36-25(37-13-20)29(32,33)34)9-22(10-19)42-15-21-14-39(7-6-28(21,30)31)26(41)43-27(3,4)5/h8-13,17,21H,6-7,14-15H2,1-5H3,(H,38,40)/t17-,21?/m1/s1. The van der Waals surface area contributed by atoms with Crippen molar-refractivity contribution in [3.8, 4) is 16.3 Å². The molecular weight excluding hydrogens is 609 g/mol. The molecule has 1 N–H and O–H groups in total. The first-order chi connectivity index (χ1) is 20.4. The second kappa shape index (κ2) is 12.6. The van der Waals surface area contributed by atoms with Gasteiger partial charge in [-0.05, 0) is 52.8 Å². The van der Waals surface area contributed by atoms with Crippen molar-refractivity contribution < 1.29 is 41.0 Å².